The Morgan fingerprint density at radius 2 is 2.18 bits per heavy atom. The first-order valence-corrected chi connectivity index (χ1v) is 7.21. The van der Waals surface area contributed by atoms with Crippen LogP contribution >= 0.6 is 11.3 Å². The Labute approximate surface area is 108 Å². The van der Waals surface area contributed by atoms with Gasteiger partial charge in [-0.25, -0.2) is 0 Å². The van der Waals surface area contributed by atoms with E-state index in [1.807, 2.05) is 7.05 Å². The third-order valence-corrected chi connectivity index (χ3v) is 3.60. The van der Waals surface area contributed by atoms with E-state index in [-0.39, 0.29) is 0 Å². The van der Waals surface area contributed by atoms with Gasteiger partial charge < -0.3 is 10.1 Å². The molecule has 0 amide bonds. The SMILES string of the molecule is CCCCC(CC)COc1nnc(CNC)s1. The smallest absolute Gasteiger partial charge is 0.294 e. The minimum atomic E-state index is 0.645. The number of unbranched alkanes of at least 4 members (excludes halogenated alkanes) is 1. The Balaban J connectivity index is 2.31. The van der Waals surface area contributed by atoms with Crippen LogP contribution in [0.15, 0.2) is 0 Å². The molecule has 0 aliphatic rings. The molecule has 1 atom stereocenters. The van der Waals surface area contributed by atoms with Crippen molar-refractivity contribution in [2.45, 2.75) is 46.1 Å². The van der Waals surface area contributed by atoms with Crippen molar-refractivity contribution < 1.29 is 4.74 Å². The molecule has 0 aliphatic heterocycles. The monoisotopic (exact) mass is 257 g/mol. The average molecular weight is 257 g/mol. The molecule has 4 nitrogen and oxygen atoms in total. The molecule has 0 saturated heterocycles. The maximum absolute atomic E-state index is 5.70. The maximum Gasteiger partial charge on any atom is 0.294 e. The Morgan fingerprint density at radius 3 is 2.82 bits per heavy atom. The van der Waals surface area contributed by atoms with E-state index in [1.54, 1.807) is 0 Å². The molecule has 0 radical (unpaired) electrons. The van der Waals surface area contributed by atoms with Crippen molar-refractivity contribution in [3.8, 4) is 5.19 Å². The van der Waals surface area contributed by atoms with Crippen molar-refractivity contribution in [3.05, 3.63) is 5.01 Å². The topological polar surface area (TPSA) is 47.0 Å². The summed E-state index contributed by atoms with van der Waals surface area (Å²) in [6.07, 6.45) is 4.95. The Morgan fingerprint density at radius 1 is 1.35 bits per heavy atom. The molecule has 0 aromatic carbocycles. The van der Waals surface area contributed by atoms with Crippen molar-refractivity contribution in [2.24, 2.45) is 5.92 Å². The predicted octanol–water partition coefficient (Wildman–Crippen LogP) is 2.85. The van der Waals surface area contributed by atoms with Crippen LogP contribution in [0.1, 0.15) is 44.5 Å². The molecule has 1 heterocycles. The van der Waals surface area contributed by atoms with E-state index in [9.17, 15) is 0 Å². The lowest BCUT2D eigenvalue weighted by Crippen LogP contribution is -2.11. The number of aromatic nitrogens is 2. The van der Waals surface area contributed by atoms with Crippen LogP contribution in [0, 0.1) is 5.92 Å². The van der Waals surface area contributed by atoms with Crippen LogP contribution in [0.4, 0.5) is 0 Å². The molecule has 1 unspecified atom stereocenters. The van der Waals surface area contributed by atoms with Gasteiger partial charge in [-0.3, -0.25) is 0 Å². The van der Waals surface area contributed by atoms with Gasteiger partial charge in [-0.15, -0.1) is 10.2 Å². The number of rotatable bonds is 9. The number of hydrogen-bond acceptors (Lipinski definition) is 5. The standard InChI is InChI=1S/C12H23N3OS/c1-4-6-7-10(5-2)9-16-12-15-14-11(17-12)8-13-3/h10,13H,4-9H2,1-3H3. The Bertz CT molecular complexity index is 304. The molecule has 98 valence electrons. The number of hydrogen-bond donors (Lipinski definition) is 1. The van der Waals surface area contributed by atoms with Crippen LogP contribution < -0.4 is 10.1 Å². The summed E-state index contributed by atoms with van der Waals surface area (Å²) in [5, 5.41) is 12.8. The van der Waals surface area contributed by atoms with Crippen LogP contribution in [0.3, 0.4) is 0 Å². The van der Waals surface area contributed by atoms with E-state index < -0.39 is 0 Å². The predicted molar refractivity (Wildman–Crippen MR) is 71.5 cm³/mol. The van der Waals surface area contributed by atoms with E-state index in [0.717, 1.165) is 18.2 Å². The van der Waals surface area contributed by atoms with E-state index in [2.05, 4.69) is 29.4 Å². The van der Waals surface area contributed by atoms with E-state index in [4.69, 9.17) is 4.74 Å². The Kier molecular flexibility index (Phi) is 7.12. The van der Waals surface area contributed by atoms with Crippen LogP contribution in [-0.2, 0) is 6.54 Å². The molecule has 17 heavy (non-hydrogen) atoms. The van der Waals surface area contributed by atoms with Gasteiger partial charge in [0.05, 0.1) is 6.61 Å². The quantitative estimate of drug-likeness (QED) is 0.739. The molecule has 0 bridgehead atoms. The molecule has 0 saturated carbocycles. The highest BCUT2D eigenvalue weighted by atomic mass is 32.1. The summed E-state index contributed by atoms with van der Waals surface area (Å²) in [5.74, 6) is 0.645. The lowest BCUT2D eigenvalue weighted by atomic mass is 10.0. The summed E-state index contributed by atoms with van der Waals surface area (Å²) in [6.45, 7) is 5.97. The molecule has 1 aromatic heterocycles. The zero-order valence-corrected chi connectivity index (χ0v) is 11.8. The second kappa shape index (κ2) is 8.42. The summed E-state index contributed by atoms with van der Waals surface area (Å²) in [7, 11) is 1.90. The fraction of sp³-hybridized carbons (Fsp3) is 0.833. The van der Waals surface area contributed by atoms with Gasteiger partial charge in [-0.2, -0.15) is 0 Å². The minimum Gasteiger partial charge on any atom is -0.469 e. The highest BCUT2D eigenvalue weighted by molar-refractivity contribution is 7.13. The largest absolute Gasteiger partial charge is 0.469 e. The van der Waals surface area contributed by atoms with Gasteiger partial charge in [0.25, 0.3) is 5.19 Å². The minimum absolute atomic E-state index is 0.645. The van der Waals surface area contributed by atoms with Crippen LogP contribution in [-0.4, -0.2) is 23.9 Å². The lowest BCUT2D eigenvalue weighted by Gasteiger charge is -2.13. The molecule has 5 heteroatoms. The number of nitrogens with zero attached hydrogens (tertiary/aromatic N) is 2. The summed E-state index contributed by atoms with van der Waals surface area (Å²) in [6, 6.07) is 0. The first kappa shape index (κ1) is 14.4. The zero-order chi connectivity index (χ0) is 12.5. The average Bonchev–Trinajstić information content (AvgIpc) is 2.78. The van der Waals surface area contributed by atoms with Crippen molar-refractivity contribution in [1.82, 2.24) is 15.5 Å². The molecule has 1 aromatic rings. The van der Waals surface area contributed by atoms with Crippen LogP contribution in [0.2, 0.25) is 0 Å². The van der Waals surface area contributed by atoms with E-state index >= 15 is 0 Å². The summed E-state index contributed by atoms with van der Waals surface area (Å²) in [4.78, 5) is 0. The number of ether oxygens (including phenoxy) is 1. The number of nitrogens with one attached hydrogen (secondary N) is 1. The highest BCUT2D eigenvalue weighted by Crippen LogP contribution is 2.20. The normalized spacial score (nSPS) is 12.6. The molecular weight excluding hydrogens is 234 g/mol. The first-order valence-electron chi connectivity index (χ1n) is 6.39. The van der Waals surface area contributed by atoms with E-state index in [1.165, 1.54) is 37.0 Å². The first-order chi connectivity index (χ1) is 8.30. The third kappa shape index (κ3) is 5.46. The van der Waals surface area contributed by atoms with Crippen molar-refractivity contribution in [2.75, 3.05) is 13.7 Å². The fourth-order valence-electron chi connectivity index (χ4n) is 1.61. The van der Waals surface area contributed by atoms with Gasteiger partial charge in [0.15, 0.2) is 0 Å². The zero-order valence-electron chi connectivity index (χ0n) is 11.0. The molecule has 0 aliphatic carbocycles. The van der Waals surface area contributed by atoms with Gasteiger partial charge >= 0.3 is 0 Å². The van der Waals surface area contributed by atoms with Gasteiger partial charge in [0.2, 0.25) is 0 Å². The van der Waals surface area contributed by atoms with Crippen molar-refractivity contribution in [1.29, 1.82) is 0 Å². The molecule has 0 spiro atoms. The molecule has 1 rings (SSSR count). The molecule has 0 fully saturated rings. The second-order valence-electron chi connectivity index (χ2n) is 4.22. The summed E-state index contributed by atoms with van der Waals surface area (Å²) < 4.78 is 5.70. The van der Waals surface area contributed by atoms with Crippen LogP contribution in [0.25, 0.3) is 0 Å². The molecular formula is C12H23N3OS. The third-order valence-electron chi connectivity index (χ3n) is 2.76. The fourth-order valence-corrected chi connectivity index (χ4v) is 2.31. The highest BCUT2D eigenvalue weighted by Gasteiger charge is 2.09. The van der Waals surface area contributed by atoms with Gasteiger partial charge in [-0.05, 0) is 19.4 Å². The summed E-state index contributed by atoms with van der Waals surface area (Å²) in [5.41, 5.74) is 0. The maximum atomic E-state index is 5.70. The lowest BCUT2D eigenvalue weighted by molar-refractivity contribution is 0.231. The molecule has 1 N–H and O–H groups in total. The second-order valence-corrected chi connectivity index (χ2v) is 5.24. The summed E-state index contributed by atoms with van der Waals surface area (Å²) >= 11 is 1.53. The van der Waals surface area contributed by atoms with Gasteiger partial charge in [-0.1, -0.05) is 44.4 Å². The van der Waals surface area contributed by atoms with Crippen molar-refractivity contribution in [3.63, 3.8) is 0 Å². The van der Waals surface area contributed by atoms with Crippen molar-refractivity contribution >= 4 is 11.3 Å². The van der Waals surface area contributed by atoms with E-state index in [0.29, 0.717) is 11.1 Å². The van der Waals surface area contributed by atoms with Gasteiger partial charge in [0.1, 0.15) is 5.01 Å². The van der Waals surface area contributed by atoms with Crippen LogP contribution in [0.5, 0.6) is 5.19 Å². The Hall–Kier alpha value is -0.680. The van der Waals surface area contributed by atoms with Gasteiger partial charge in [0, 0.05) is 6.54 Å².